The van der Waals surface area contributed by atoms with Gasteiger partial charge in [-0.05, 0) is 19.1 Å². The number of carbonyl (C=O) groups is 1. The van der Waals surface area contributed by atoms with Gasteiger partial charge in [-0.15, -0.1) is 0 Å². The van der Waals surface area contributed by atoms with Gasteiger partial charge in [-0.3, -0.25) is 0 Å². The lowest BCUT2D eigenvalue weighted by Gasteiger charge is -1.98. The lowest BCUT2D eigenvalue weighted by Crippen LogP contribution is -2.04. The quantitative estimate of drug-likeness (QED) is 0.749. The van der Waals surface area contributed by atoms with Crippen molar-refractivity contribution in [1.82, 2.24) is 9.38 Å². The van der Waals surface area contributed by atoms with Gasteiger partial charge in [-0.2, -0.15) is 5.26 Å². The molecule has 2 heterocycles. The average Bonchev–Trinajstić information content (AvgIpc) is 2.75. The van der Waals surface area contributed by atoms with Crippen LogP contribution < -0.4 is 0 Å². The van der Waals surface area contributed by atoms with Crippen LogP contribution in [-0.2, 0) is 11.2 Å². The number of carbonyl (C=O) groups excluding carboxylic acids is 1. The molecule has 5 nitrogen and oxygen atoms in total. The Morgan fingerprint density at radius 3 is 3.12 bits per heavy atom. The highest BCUT2D eigenvalue weighted by atomic mass is 16.5. The third kappa shape index (κ3) is 2.11. The fourth-order valence-electron chi connectivity index (χ4n) is 1.60. The summed E-state index contributed by atoms with van der Waals surface area (Å²) in [7, 11) is 0. The van der Waals surface area contributed by atoms with Gasteiger partial charge in [-0.1, -0.05) is 6.07 Å². The Kier molecular flexibility index (Phi) is 3.06. The maximum Gasteiger partial charge on any atom is 0.358 e. The SMILES string of the molecule is CCOC(=O)c1cn2c(CC#N)cccc2n1. The highest BCUT2D eigenvalue weighted by Crippen LogP contribution is 2.10. The van der Waals surface area contributed by atoms with Crippen molar-refractivity contribution >= 4 is 11.6 Å². The van der Waals surface area contributed by atoms with Gasteiger partial charge in [0, 0.05) is 11.9 Å². The molecule has 5 heteroatoms. The first-order valence-electron chi connectivity index (χ1n) is 5.27. The average molecular weight is 229 g/mol. The van der Waals surface area contributed by atoms with Crippen LogP contribution >= 0.6 is 0 Å². The normalized spacial score (nSPS) is 10.1. The third-order valence-electron chi connectivity index (χ3n) is 2.32. The van der Waals surface area contributed by atoms with Crippen LogP contribution in [0.4, 0.5) is 0 Å². The van der Waals surface area contributed by atoms with Crippen molar-refractivity contribution in [3.05, 3.63) is 35.8 Å². The maximum atomic E-state index is 11.5. The Morgan fingerprint density at radius 1 is 1.59 bits per heavy atom. The predicted molar refractivity (Wildman–Crippen MR) is 60.5 cm³/mol. The molecule has 0 bridgehead atoms. The Labute approximate surface area is 98.3 Å². The van der Waals surface area contributed by atoms with Crippen LogP contribution in [0.1, 0.15) is 23.1 Å². The number of esters is 1. The predicted octanol–water partition coefficient (Wildman–Crippen LogP) is 1.58. The highest BCUT2D eigenvalue weighted by Gasteiger charge is 2.12. The van der Waals surface area contributed by atoms with E-state index >= 15 is 0 Å². The number of hydrogen-bond acceptors (Lipinski definition) is 4. The Bertz CT molecular complexity index is 595. The molecular formula is C12H11N3O2. The second-order valence-electron chi connectivity index (χ2n) is 3.43. The van der Waals surface area contributed by atoms with Crippen molar-refractivity contribution in [3.63, 3.8) is 0 Å². The molecule has 0 unspecified atom stereocenters. The van der Waals surface area contributed by atoms with Gasteiger partial charge in [0.15, 0.2) is 5.69 Å². The highest BCUT2D eigenvalue weighted by molar-refractivity contribution is 5.88. The van der Waals surface area contributed by atoms with Crippen LogP contribution in [0.3, 0.4) is 0 Å². The first-order valence-corrected chi connectivity index (χ1v) is 5.27. The molecule has 0 radical (unpaired) electrons. The van der Waals surface area contributed by atoms with E-state index in [0.717, 1.165) is 5.69 Å². The van der Waals surface area contributed by atoms with E-state index in [-0.39, 0.29) is 12.1 Å². The zero-order chi connectivity index (χ0) is 12.3. The van der Waals surface area contributed by atoms with Crippen molar-refractivity contribution in [2.75, 3.05) is 6.61 Å². The number of nitriles is 1. The topological polar surface area (TPSA) is 67.4 Å². The van der Waals surface area contributed by atoms with E-state index in [0.29, 0.717) is 12.3 Å². The fraction of sp³-hybridized carbons (Fsp3) is 0.250. The third-order valence-corrected chi connectivity index (χ3v) is 2.32. The summed E-state index contributed by atoms with van der Waals surface area (Å²) in [4.78, 5) is 15.7. The summed E-state index contributed by atoms with van der Waals surface area (Å²) in [5, 5.41) is 8.70. The molecule has 86 valence electrons. The molecule has 0 N–H and O–H groups in total. The number of pyridine rings is 1. The van der Waals surface area contributed by atoms with Crippen LogP contribution in [0, 0.1) is 11.3 Å². The van der Waals surface area contributed by atoms with E-state index in [4.69, 9.17) is 10.00 Å². The number of hydrogen-bond donors (Lipinski definition) is 0. The number of aromatic nitrogens is 2. The summed E-state index contributed by atoms with van der Waals surface area (Å²) in [6.07, 6.45) is 1.87. The van der Waals surface area contributed by atoms with Crippen molar-refractivity contribution < 1.29 is 9.53 Å². The van der Waals surface area contributed by atoms with Gasteiger partial charge in [-0.25, -0.2) is 9.78 Å². The Morgan fingerprint density at radius 2 is 2.41 bits per heavy atom. The van der Waals surface area contributed by atoms with E-state index in [2.05, 4.69) is 11.1 Å². The molecule has 2 aromatic rings. The summed E-state index contributed by atoms with van der Waals surface area (Å²) in [6, 6.07) is 7.49. The number of fused-ring (bicyclic) bond motifs is 1. The molecule has 0 aromatic carbocycles. The zero-order valence-electron chi connectivity index (χ0n) is 9.38. The molecule has 2 rings (SSSR count). The molecule has 0 amide bonds. The van der Waals surface area contributed by atoms with E-state index in [9.17, 15) is 4.79 Å². The van der Waals surface area contributed by atoms with Crippen LogP contribution in [0.2, 0.25) is 0 Å². The lowest BCUT2D eigenvalue weighted by molar-refractivity contribution is 0.0520. The van der Waals surface area contributed by atoms with Gasteiger partial charge < -0.3 is 9.14 Å². The molecule has 0 saturated carbocycles. The second kappa shape index (κ2) is 4.66. The van der Waals surface area contributed by atoms with Crippen LogP contribution in [0.15, 0.2) is 24.4 Å². The number of ether oxygens (including phenoxy) is 1. The molecule has 0 fully saturated rings. The standard InChI is InChI=1S/C12H11N3O2/c1-2-17-12(16)10-8-15-9(6-7-13)4-3-5-11(15)14-10/h3-5,8H,2,6H2,1H3. The monoisotopic (exact) mass is 229 g/mol. The first kappa shape index (κ1) is 11.1. The molecule has 0 aliphatic rings. The fourth-order valence-corrected chi connectivity index (χ4v) is 1.60. The minimum atomic E-state index is -0.445. The van der Waals surface area contributed by atoms with Gasteiger partial charge >= 0.3 is 5.97 Å². The Hall–Kier alpha value is -2.35. The summed E-state index contributed by atoms with van der Waals surface area (Å²) < 4.78 is 6.61. The number of imidazole rings is 1. The maximum absolute atomic E-state index is 11.5. The largest absolute Gasteiger partial charge is 0.461 e. The van der Waals surface area contributed by atoms with Gasteiger partial charge in [0.05, 0.1) is 19.1 Å². The van der Waals surface area contributed by atoms with E-state index in [1.54, 1.807) is 23.6 Å². The Balaban J connectivity index is 2.47. The van der Waals surface area contributed by atoms with Crippen molar-refractivity contribution in [2.45, 2.75) is 13.3 Å². The van der Waals surface area contributed by atoms with Crippen LogP contribution in [0.5, 0.6) is 0 Å². The van der Waals surface area contributed by atoms with E-state index < -0.39 is 5.97 Å². The number of nitrogens with zero attached hydrogens (tertiary/aromatic N) is 3. The molecule has 2 aromatic heterocycles. The van der Waals surface area contributed by atoms with E-state index in [1.807, 2.05) is 12.1 Å². The van der Waals surface area contributed by atoms with Crippen LogP contribution in [0.25, 0.3) is 5.65 Å². The molecule has 0 aliphatic carbocycles. The second-order valence-corrected chi connectivity index (χ2v) is 3.43. The molecule has 17 heavy (non-hydrogen) atoms. The minimum Gasteiger partial charge on any atom is -0.461 e. The smallest absolute Gasteiger partial charge is 0.358 e. The molecule has 0 aliphatic heterocycles. The summed E-state index contributed by atoms with van der Waals surface area (Å²) in [5.74, 6) is -0.445. The lowest BCUT2D eigenvalue weighted by atomic mass is 10.3. The van der Waals surface area contributed by atoms with E-state index in [1.165, 1.54) is 0 Å². The van der Waals surface area contributed by atoms with Crippen molar-refractivity contribution in [3.8, 4) is 6.07 Å². The van der Waals surface area contributed by atoms with Gasteiger partial charge in [0.1, 0.15) is 5.65 Å². The first-order chi connectivity index (χ1) is 8.26. The van der Waals surface area contributed by atoms with Crippen LogP contribution in [-0.4, -0.2) is 22.0 Å². The zero-order valence-corrected chi connectivity index (χ0v) is 9.38. The summed E-state index contributed by atoms with van der Waals surface area (Å²) in [5.41, 5.74) is 1.70. The molecule has 0 saturated heterocycles. The van der Waals surface area contributed by atoms with Gasteiger partial charge in [0.2, 0.25) is 0 Å². The van der Waals surface area contributed by atoms with Crippen molar-refractivity contribution in [2.24, 2.45) is 0 Å². The minimum absolute atomic E-state index is 0.261. The summed E-state index contributed by atoms with van der Waals surface area (Å²) in [6.45, 7) is 2.06. The molecule has 0 atom stereocenters. The molecule has 0 spiro atoms. The molecular weight excluding hydrogens is 218 g/mol. The number of rotatable bonds is 3. The van der Waals surface area contributed by atoms with Crippen molar-refractivity contribution in [1.29, 1.82) is 5.26 Å². The summed E-state index contributed by atoms with van der Waals surface area (Å²) >= 11 is 0. The van der Waals surface area contributed by atoms with Gasteiger partial charge in [0.25, 0.3) is 0 Å².